The minimum Gasteiger partial charge on any atom is -0.454 e. The molecule has 0 bridgehead atoms. The summed E-state index contributed by atoms with van der Waals surface area (Å²) in [4.78, 5) is 16.7. The van der Waals surface area contributed by atoms with E-state index in [0.717, 1.165) is 25.1 Å². The molecule has 142 valence electrons. The minimum absolute atomic E-state index is 0.203. The van der Waals surface area contributed by atoms with Gasteiger partial charge in [-0.2, -0.15) is 0 Å². The van der Waals surface area contributed by atoms with E-state index >= 15 is 0 Å². The van der Waals surface area contributed by atoms with Gasteiger partial charge in [0.1, 0.15) is 0 Å². The van der Waals surface area contributed by atoms with E-state index in [9.17, 15) is 4.79 Å². The molecule has 3 aromatic rings. The summed E-state index contributed by atoms with van der Waals surface area (Å²) in [5.41, 5.74) is 3.28. The molecule has 0 radical (unpaired) electrons. The summed E-state index contributed by atoms with van der Waals surface area (Å²) in [6, 6.07) is 17.5. The zero-order valence-corrected chi connectivity index (χ0v) is 15.4. The van der Waals surface area contributed by atoms with Gasteiger partial charge in [0.05, 0.1) is 11.3 Å². The molecule has 0 saturated heterocycles. The molecule has 0 fully saturated rings. The fourth-order valence-electron chi connectivity index (χ4n) is 3.01. The smallest absolute Gasteiger partial charge is 0.257 e. The third kappa shape index (κ3) is 4.40. The van der Waals surface area contributed by atoms with Gasteiger partial charge in [-0.1, -0.05) is 30.3 Å². The van der Waals surface area contributed by atoms with Crippen molar-refractivity contribution >= 4 is 17.3 Å². The Morgan fingerprint density at radius 1 is 0.964 bits per heavy atom. The highest BCUT2D eigenvalue weighted by Crippen LogP contribution is 2.34. The number of carbonyl (C=O) groups excluding carboxylic acids is 1. The quantitative estimate of drug-likeness (QED) is 0.608. The highest BCUT2D eigenvalue weighted by Gasteiger charge is 2.15. The van der Waals surface area contributed by atoms with Gasteiger partial charge in [-0.25, -0.2) is 0 Å². The molecule has 0 saturated carbocycles. The largest absolute Gasteiger partial charge is 0.454 e. The summed E-state index contributed by atoms with van der Waals surface area (Å²) < 4.78 is 10.6. The van der Waals surface area contributed by atoms with Crippen molar-refractivity contribution in [1.29, 1.82) is 0 Å². The van der Waals surface area contributed by atoms with E-state index in [4.69, 9.17) is 9.47 Å². The first-order chi connectivity index (χ1) is 13.8. The van der Waals surface area contributed by atoms with Crippen LogP contribution in [0.25, 0.3) is 0 Å². The molecule has 2 N–H and O–H groups in total. The molecule has 0 unspecified atom stereocenters. The number of nitrogens with zero attached hydrogens (tertiary/aromatic N) is 1. The van der Waals surface area contributed by atoms with E-state index in [1.807, 2.05) is 6.07 Å². The van der Waals surface area contributed by atoms with Gasteiger partial charge in [0.15, 0.2) is 11.5 Å². The molecular weight excluding hydrogens is 354 g/mol. The van der Waals surface area contributed by atoms with Crippen LogP contribution in [0.1, 0.15) is 22.3 Å². The van der Waals surface area contributed by atoms with Gasteiger partial charge in [-0.05, 0) is 36.6 Å². The number of rotatable bonds is 7. The van der Waals surface area contributed by atoms with Gasteiger partial charge in [-0.3, -0.25) is 9.78 Å². The van der Waals surface area contributed by atoms with Crippen molar-refractivity contribution in [2.45, 2.75) is 12.8 Å². The Balaban J connectivity index is 1.32. The van der Waals surface area contributed by atoms with Crippen molar-refractivity contribution in [3.63, 3.8) is 0 Å². The SMILES string of the molecule is O=C(Nc1ccc2c(c1)OCO2)c1cncc(NCCCc2ccccc2)c1. The van der Waals surface area contributed by atoms with Crippen molar-refractivity contribution in [1.82, 2.24) is 4.98 Å². The number of anilines is 2. The fourth-order valence-corrected chi connectivity index (χ4v) is 3.01. The molecule has 0 atom stereocenters. The van der Waals surface area contributed by atoms with E-state index in [-0.39, 0.29) is 12.7 Å². The standard InChI is InChI=1S/C22H21N3O3/c26-22(25-18-8-9-20-21(12-18)28-15-27-20)17-11-19(14-23-13-17)24-10-4-7-16-5-2-1-3-6-16/h1-3,5-6,8-9,11-14,24H,4,7,10,15H2,(H,25,26). The number of hydrogen-bond acceptors (Lipinski definition) is 5. The Labute approximate surface area is 163 Å². The summed E-state index contributed by atoms with van der Waals surface area (Å²) in [7, 11) is 0. The fraction of sp³-hybridized carbons (Fsp3) is 0.182. The molecule has 6 nitrogen and oxygen atoms in total. The van der Waals surface area contributed by atoms with Crippen LogP contribution >= 0.6 is 0 Å². The predicted molar refractivity (Wildman–Crippen MR) is 108 cm³/mol. The number of ether oxygens (including phenoxy) is 2. The lowest BCUT2D eigenvalue weighted by atomic mass is 10.1. The molecule has 1 aromatic heterocycles. The maximum absolute atomic E-state index is 12.5. The Kier molecular flexibility index (Phi) is 5.38. The van der Waals surface area contributed by atoms with Gasteiger partial charge in [0.2, 0.25) is 6.79 Å². The molecule has 2 aromatic carbocycles. The van der Waals surface area contributed by atoms with Gasteiger partial charge in [0, 0.05) is 30.7 Å². The normalized spacial score (nSPS) is 11.9. The van der Waals surface area contributed by atoms with Crippen LogP contribution in [0.3, 0.4) is 0 Å². The van der Waals surface area contributed by atoms with Crippen molar-refractivity contribution in [2.75, 3.05) is 24.0 Å². The van der Waals surface area contributed by atoms with E-state index in [2.05, 4.69) is 39.9 Å². The number of benzene rings is 2. The Bertz CT molecular complexity index is 960. The molecule has 0 spiro atoms. The minimum atomic E-state index is -0.223. The Morgan fingerprint density at radius 3 is 2.71 bits per heavy atom. The summed E-state index contributed by atoms with van der Waals surface area (Å²) in [6.45, 7) is 1.01. The first-order valence-corrected chi connectivity index (χ1v) is 9.22. The first-order valence-electron chi connectivity index (χ1n) is 9.22. The van der Waals surface area contributed by atoms with Crippen molar-refractivity contribution in [3.05, 3.63) is 78.1 Å². The Hall–Kier alpha value is -3.54. The maximum atomic E-state index is 12.5. The number of amides is 1. The molecule has 1 amide bonds. The second kappa shape index (κ2) is 8.43. The number of fused-ring (bicyclic) bond motifs is 1. The zero-order chi connectivity index (χ0) is 19.2. The lowest BCUT2D eigenvalue weighted by molar-refractivity contribution is 0.102. The van der Waals surface area contributed by atoms with E-state index in [0.29, 0.717) is 22.7 Å². The van der Waals surface area contributed by atoms with Gasteiger partial charge >= 0.3 is 0 Å². The van der Waals surface area contributed by atoms with Crippen LogP contribution in [0.15, 0.2) is 67.0 Å². The highest BCUT2D eigenvalue weighted by atomic mass is 16.7. The topological polar surface area (TPSA) is 72.5 Å². The molecular formula is C22H21N3O3. The number of pyridine rings is 1. The predicted octanol–water partition coefficient (Wildman–Crippen LogP) is 4.11. The average molecular weight is 375 g/mol. The molecule has 4 rings (SSSR count). The molecule has 2 heterocycles. The van der Waals surface area contributed by atoms with Gasteiger partial charge in [-0.15, -0.1) is 0 Å². The lowest BCUT2D eigenvalue weighted by Crippen LogP contribution is -2.13. The molecule has 1 aliphatic heterocycles. The van der Waals surface area contributed by atoms with Crippen LogP contribution in [0.2, 0.25) is 0 Å². The van der Waals surface area contributed by atoms with Crippen molar-refractivity contribution in [2.24, 2.45) is 0 Å². The second-order valence-corrected chi connectivity index (χ2v) is 6.50. The monoisotopic (exact) mass is 375 g/mol. The number of aromatic nitrogens is 1. The zero-order valence-electron chi connectivity index (χ0n) is 15.4. The molecule has 1 aliphatic rings. The third-order valence-corrected chi connectivity index (χ3v) is 4.45. The second-order valence-electron chi connectivity index (χ2n) is 6.50. The molecule has 0 aliphatic carbocycles. The average Bonchev–Trinajstić information content (AvgIpc) is 3.20. The van der Waals surface area contributed by atoms with Gasteiger partial charge in [0.25, 0.3) is 5.91 Å². The van der Waals surface area contributed by atoms with Crippen LogP contribution in [0.5, 0.6) is 11.5 Å². The highest BCUT2D eigenvalue weighted by molar-refractivity contribution is 6.04. The van der Waals surface area contributed by atoms with Crippen molar-refractivity contribution in [3.8, 4) is 11.5 Å². The summed E-state index contributed by atoms with van der Waals surface area (Å²) in [5.74, 6) is 1.09. The maximum Gasteiger partial charge on any atom is 0.257 e. The summed E-state index contributed by atoms with van der Waals surface area (Å²) in [5, 5.41) is 6.19. The van der Waals surface area contributed by atoms with Crippen LogP contribution in [-0.2, 0) is 6.42 Å². The number of hydrogen-bond donors (Lipinski definition) is 2. The van der Waals surface area contributed by atoms with Crippen LogP contribution < -0.4 is 20.1 Å². The van der Waals surface area contributed by atoms with E-state index < -0.39 is 0 Å². The van der Waals surface area contributed by atoms with Gasteiger partial charge < -0.3 is 20.1 Å². The molecule has 6 heteroatoms. The Morgan fingerprint density at radius 2 is 1.82 bits per heavy atom. The lowest BCUT2D eigenvalue weighted by Gasteiger charge is -2.09. The van der Waals surface area contributed by atoms with Crippen LogP contribution in [-0.4, -0.2) is 24.2 Å². The van der Waals surface area contributed by atoms with Crippen LogP contribution in [0.4, 0.5) is 11.4 Å². The number of carbonyl (C=O) groups is 1. The number of nitrogens with one attached hydrogen (secondary N) is 2. The number of aryl methyl sites for hydroxylation is 1. The van der Waals surface area contributed by atoms with E-state index in [1.54, 1.807) is 36.7 Å². The van der Waals surface area contributed by atoms with E-state index in [1.165, 1.54) is 5.56 Å². The molecule has 28 heavy (non-hydrogen) atoms. The summed E-state index contributed by atoms with van der Waals surface area (Å²) >= 11 is 0. The summed E-state index contributed by atoms with van der Waals surface area (Å²) in [6.07, 6.45) is 5.28. The first kappa shape index (κ1) is 17.9. The third-order valence-electron chi connectivity index (χ3n) is 4.45. The van der Waals surface area contributed by atoms with Crippen LogP contribution in [0, 0.1) is 0 Å². The van der Waals surface area contributed by atoms with Crippen molar-refractivity contribution < 1.29 is 14.3 Å².